The van der Waals surface area contributed by atoms with E-state index >= 15 is 0 Å². The highest BCUT2D eigenvalue weighted by Gasteiger charge is 2.21. The second-order valence-corrected chi connectivity index (χ2v) is 8.30. The fraction of sp³-hybridized carbons (Fsp3) is 0.278. The molecule has 142 valence electrons. The van der Waals surface area contributed by atoms with E-state index in [4.69, 9.17) is 4.74 Å². The van der Waals surface area contributed by atoms with Crippen LogP contribution in [0.15, 0.2) is 53.7 Å². The third-order valence-electron chi connectivity index (χ3n) is 4.01. The Kier molecular flexibility index (Phi) is 5.52. The van der Waals surface area contributed by atoms with E-state index in [1.54, 1.807) is 18.2 Å². The van der Waals surface area contributed by atoms with Gasteiger partial charge in [-0.25, -0.2) is 13.1 Å². The molecule has 2 aromatic carbocycles. The summed E-state index contributed by atoms with van der Waals surface area (Å²) < 4.78 is 34.0. The number of aryl methyl sites for hydroxylation is 2. The lowest BCUT2D eigenvalue weighted by Crippen LogP contribution is -2.31. The molecule has 0 saturated carbocycles. The predicted molar refractivity (Wildman–Crippen MR) is 100 cm³/mol. The number of rotatable bonds is 7. The molecule has 8 nitrogen and oxygen atoms in total. The number of nitrogens with zero attached hydrogens (tertiary/aromatic N) is 5. The molecule has 0 N–H and O–H groups in total. The zero-order valence-corrected chi connectivity index (χ0v) is 16.2. The molecule has 0 amide bonds. The van der Waals surface area contributed by atoms with Crippen LogP contribution in [-0.2, 0) is 10.0 Å². The van der Waals surface area contributed by atoms with Gasteiger partial charge in [0.05, 0.1) is 10.6 Å². The average molecular weight is 387 g/mol. The molecule has 9 heteroatoms. The molecule has 0 saturated heterocycles. The van der Waals surface area contributed by atoms with Crippen LogP contribution in [0.4, 0.5) is 0 Å². The number of hydrogen-bond acceptors (Lipinski definition) is 6. The van der Waals surface area contributed by atoms with Gasteiger partial charge in [0.15, 0.2) is 0 Å². The monoisotopic (exact) mass is 387 g/mol. The molecule has 0 bridgehead atoms. The van der Waals surface area contributed by atoms with Gasteiger partial charge >= 0.3 is 0 Å². The zero-order chi connectivity index (χ0) is 19.4. The minimum Gasteiger partial charge on any atom is -0.492 e. The molecule has 1 heterocycles. The van der Waals surface area contributed by atoms with Crippen molar-refractivity contribution >= 4 is 10.0 Å². The van der Waals surface area contributed by atoms with Gasteiger partial charge in [-0.3, -0.25) is 0 Å². The Balaban J connectivity index is 1.68. The second-order valence-electron chi connectivity index (χ2n) is 6.25. The van der Waals surface area contributed by atoms with Crippen molar-refractivity contribution in [2.45, 2.75) is 18.7 Å². The smallest absolute Gasteiger partial charge is 0.243 e. The summed E-state index contributed by atoms with van der Waals surface area (Å²) in [5, 5.41) is 10.9. The van der Waals surface area contributed by atoms with Gasteiger partial charge in [-0.05, 0) is 65.7 Å². The van der Waals surface area contributed by atoms with Gasteiger partial charge in [-0.15, -0.1) is 5.10 Å². The van der Waals surface area contributed by atoms with Crippen LogP contribution in [0.2, 0.25) is 0 Å². The van der Waals surface area contributed by atoms with E-state index in [-0.39, 0.29) is 18.0 Å². The molecule has 0 spiro atoms. The summed E-state index contributed by atoms with van der Waals surface area (Å²) in [6.07, 6.45) is 1.41. The maximum Gasteiger partial charge on any atom is 0.243 e. The molecule has 3 rings (SSSR count). The lowest BCUT2D eigenvalue weighted by atomic mass is 10.1. The summed E-state index contributed by atoms with van der Waals surface area (Å²) in [4.78, 5) is 0.171. The van der Waals surface area contributed by atoms with E-state index < -0.39 is 10.0 Å². The maximum absolute atomic E-state index is 12.8. The molecule has 1 aromatic heterocycles. The minimum atomic E-state index is -3.65. The SMILES string of the molecule is Cc1cc(C)cc(OCCN(C)S(=O)(=O)c2cccc(-n3cnnn3)c2)c1. The average Bonchev–Trinajstić information content (AvgIpc) is 3.15. The summed E-state index contributed by atoms with van der Waals surface area (Å²) in [6.45, 7) is 4.47. The minimum absolute atomic E-state index is 0.171. The van der Waals surface area contributed by atoms with Crippen molar-refractivity contribution in [3.05, 3.63) is 59.9 Å². The van der Waals surface area contributed by atoms with E-state index in [0.29, 0.717) is 5.69 Å². The largest absolute Gasteiger partial charge is 0.492 e. The second kappa shape index (κ2) is 7.85. The maximum atomic E-state index is 12.8. The van der Waals surface area contributed by atoms with Crippen molar-refractivity contribution in [2.75, 3.05) is 20.2 Å². The first kappa shape index (κ1) is 19.0. The van der Waals surface area contributed by atoms with Crippen LogP contribution in [0.5, 0.6) is 5.75 Å². The highest BCUT2D eigenvalue weighted by atomic mass is 32.2. The summed E-state index contributed by atoms with van der Waals surface area (Å²) in [5.41, 5.74) is 2.77. The first-order valence-corrected chi connectivity index (χ1v) is 9.81. The van der Waals surface area contributed by atoms with Crippen LogP contribution in [0.1, 0.15) is 11.1 Å². The molecule has 0 atom stereocenters. The Morgan fingerprint density at radius 2 is 1.85 bits per heavy atom. The van der Waals surface area contributed by atoms with Gasteiger partial charge in [0.2, 0.25) is 10.0 Å². The standard InChI is InChI=1S/C18H21N5O3S/c1-14-9-15(2)11-17(10-14)26-8-7-22(3)27(24,25)18-6-4-5-16(12-18)23-13-19-20-21-23/h4-6,9-13H,7-8H2,1-3H3. The number of ether oxygens (including phenoxy) is 1. The van der Waals surface area contributed by atoms with Crippen LogP contribution in [0.3, 0.4) is 0 Å². The summed E-state index contributed by atoms with van der Waals surface area (Å²) in [6, 6.07) is 12.4. The summed E-state index contributed by atoms with van der Waals surface area (Å²) >= 11 is 0. The molecule has 0 aliphatic rings. The number of hydrogen-bond donors (Lipinski definition) is 0. The van der Waals surface area contributed by atoms with Crippen LogP contribution in [0.25, 0.3) is 5.69 Å². The lowest BCUT2D eigenvalue weighted by molar-refractivity contribution is 0.286. The molecule has 0 unspecified atom stereocenters. The lowest BCUT2D eigenvalue weighted by Gasteiger charge is -2.18. The number of aromatic nitrogens is 4. The first-order valence-electron chi connectivity index (χ1n) is 8.37. The van der Waals surface area contributed by atoms with Gasteiger partial charge in [0.1, 0.15) is 18.7 Å². The van der Waals surface area contributed by atoms with Crippen molar-refractivity contribution in [3.8, 4) is 11.4 Å². The molecule has 0 aliphatic heterocycles. The first-order chi connectivity index (χ1) is 12.9. The van der Waals surface area contributed by atoms with Gasteiger partial charge in [-0.2, -0.15) is 4.31 Å². The normalized spacial score (nSPS) is 11.7. The Morgan fingerprint density at radius 3 is 2.52 bits per heavy atom. The van der Waals surface area contributed by atoms with Gasteiger partial charge in [0, 0.05) is 13.6 Å². The molecule has 27 heavy (non-hydrogen) atoms. The topological polar surface area (TPSA) is 90.2 Å². The van der Waals surface area contributed by atoms with Gasteiger partial charge in [-0.1, -0.05) is 12.1 Å². The molecule has 0 fully saturated rings. The van der Waals surface area contributed by atoms with Crippen LogP contribution in [0, 0.1) is 13.8 Å². The Labute approximate surface area is 158 Å². The quantitative estimate of drug-likeness (QED) is 0.616. The number of sulfonamides is 1. The summed E-state index contributed by atoms with van der Waals surface area (Å²) in [5.74, 6) is 0.735. The van der Waals surface area contributed by atoms with Crippen molar-refractivity contribution in [1.29, 1.82) is 0 Å². The van der Waals surface area contributed by atoms with E-state index in [1.807, 2.05) is 26.0 Å². The zero-order valence-electron chi connectivity index (χ0n) is 15.4. The molecule has 0 aliphatic carbocycles. The Morgan fingerprint density at radius 1 is 1.11 bits per heavy atom. The third-order valence-corrected chi connectivity index (χ3v) is 5.86. The Bertz CT molecular complexity index is 999. The predicted octanol–water partition coefficient (Wildman–Crippen LogP) is 1.98. The summed E-state index contributed by atoms with van der Waals surface area (Å²) in [7, 11) is -2.12. The molecular formula is C18H21N5O3S. The number of likely N-dealkylation sites (N-methyl/N-ethyl adjacent to an activating group) is 1. The van der Waals surface area contributed by atoms with E-state index in [9.17, 15) is 8.42 Å². The third kappa shape index (κ3) is 4.50. The highest BCUT2D eigenvalue weighted by Crippen LogP contribution is 2.19. The van der Waals surface area contributed by atoms with Crippen molar-refractivity contribution in [1.82, 2.24) is 24.5 Å². The number of tetrazole rings is 1. The fourth-order valence-electron chi connectivity index (χ4n) is 2.67. The van der Waals surface area contributed by atoms with E-state index in [2.05, 4.69) is 21.6 Å². The van der Waals surface area contributed by atoms with E-state index in [0.717, 1.165) is 16.9 Å². The highest BCUT2D eigenvalue weighted by molar-refractivity contribution is 7.89. The van der Waals surface area contributed by atoms with Crippen LogP contribution >= 0.6 is 0 Å². The van der Waals surface area contributed by atoms with Gasteiger partial charge < -0.3 is 4.74 Å². The molecule has 0 radical (unpaired) electrons. The van der Waals surface area contributed by atoms with Crippen LogP contribution in [-0.4, -0.2) is 53.1 Å². The Hall–Kier alpha value is -2.78. The van der Waals surface area contributed by atoms with Gasteiger partial charge in [0.25, 0.3) is 0 Å². The van der Waals surface area contributed by atoms with E-state index in [1.165, 1.54) is 28.4 Å². The van der Waals surface area contributed by atoms with Crippen molar-refractivity contribution in [2.24, 2.45) is 0 Å². The molecule has 3 aromatic rings. The van der Waals surface area contributed by atoms with Crippen molar-refractivity contribution in [3.63, 3.8) is 0 Å². The van der Waals surface area contributed by atoms with Crippen molar-refractivity contribution < 1.29 is 13.2 Å². The molecular weight excluding hydrogens is 366 g/mol. The number of benzene rings is 2. The van der Waals surface area contributed by atoms with Crippen LogP contribution < -0.4 is 4.74 Å². The fourth-order valence-corrected chi connectivity index (χ4v) is 3.87.